The van der Waals surface area contributed by atoms with Crippen LogP contribution in [0.5, 0.6) is 0 Å². The van der Waals surface area contributed by atoms with Gasteiger partial charge in [-0.3, -0.25) is 0 Å². The molecule has 1 nitrogen and oxygen atoms in total. The summed E-state index contributed by atoms with van der Waals surface area (Å²) in [5.41, 5.74) is 2.89. The third-order valence-electron chi connectivity index (χ3n) is 2.52. The number of nitrogens with zero attached hydrogens (tertiary/aromatic N) is 1. The van der Waals surface area contributed by atoms with Crippen molar-refractivity contribution in [3.63, 3.8) is 0 Å². The van der Waals surface area contributed by atoms with Crippen molar-refractivity contribution in [2.75, 3.05) is 0 Å². The Morgan fingerprint density at radius 2 is 1.69 bits per heavy atom. The van der Waals surface area contributed by atoms with E-state index in [0.29, 0.717) is 15.0 Å². The average Bonchev–Trinajstić information content (AvgIpc) is 2.33. The van der Waals surface area contributed by atoms with Gasteiger partial charge in [-0.1, -0.05) is 0 Å². The van der Waals surface area contributed by atoms with Crippen LogP contribution in [-0.4, -0.2) is 15.0 Å². The topological polar surface area (TPSA) is 3.88 Å². The Bertz CT molecular complexity index is 439. The van der Waals surface area contributed by atoms with E-state index in [1.165, 1.54) is 21.9 Å². The van der Waals surface area contributed by atoms with Crippen LogP contribution >= 0.6 is 0 Å². The third kappa shape index (κ3) is 3.19. The Labute approximate surface area is 103 Å². The summed E-state index contributed by atoms with van der Waals surface area (Å²) in [5.74, 6) is 0. The summed E-state index contributed by atoms with van der Waals surface area (Å²) < 4.78 is 2.22. The molecule has 0 amide bonds. The van der Waals surface area contributed by atoms with E-state index >= 15 is 0 Å². The molecule has 0 radical (unpaired) electrons. The van der Waals surface area contributed by atoms with Crippen molar-refractivity contribution >= 4 is 15.0 Å². The SMILES string of the molecule is C[n+]1ccccc1C[Se]Cc1ccccc1. The van der Waals surface area contributed by atoms with E-state index in [-0.39, 0.29) is 0 Å². The molecule has 0 spiro atoms. The molecule has 0 aliphatic carbocycles. The number of benzene rings is 1. The van der Waals surface area contributed by atoms with Gasteiger partial charge in [0.15, 0.2) is 0 Å². The second-order valence-corrected chi connectivity index (χ2v) is 5.85. The standard InChI is InChI=1S/C14H16NSe/c1-15-10-6-5-9-14(15)12-16-11-13-7-3-2-4-8-13/h2-10H,11-12H2,1H3/q+1. The molecule has 2 aromatic rings. The van der Waals surface area contributed by atoms with Crippen molar-refractivity contribution in [1.29, 1.82) is 0 Å². The molecular formula is C14H16NSe+. The van der Waals surface area contributed by atoms with Crippen LogP contribution in [-0.2, 0) is 17.7 Å². The Balaban J connectivity index is 1.87. The molecule has 2 heteroatoms. The number of hydrogen-bond donors (Lipinski definition) is 0. The van der Waals surface area contributed by atoms with Crippen LogP contribution in [0, 0.1) is 0 Å². The molecule has 0 bridgehead atoms. The van der Waals surface area contributed by atoms with Crippen LogP contribution in [0.25, 0.3) is 0 Å². The van der Waals surface area contributed by atoms with Gasteiger partial charge in [-0.15, -0.1) is 0 Å². The molecule has 0 aliphatic rings. The maximum absolute atomic E-state index is 2.22. The number of pyridine rings is 1. The molecule has 1 aromatic carbocycles. The summed E-state index contributed by atoms with van der Waals surface area (Å²) in [6, 6.07) is 17.2. The number of hydrogen-bond acceptors (Lipinski definition) is 0. The van der Waals surface area contributed by atoms with Gasteiger partial charge in [0.25, 0.3) is 0 Å². The maximum atomic E-state index is 2.22. The minimum atomic E-state index is 0.653. The van der Waals surface area contributed by atoms with Gasteiger partial charge in [-0.2, -0.15) is 0 Å². The normalized spacial score (nSPS) is 10.3. The monoisotopic (exact) mass is 278 g/mol. The van der Waals surface area contributed by atoms with Gasteiger partial charge in [0, 0.05) is 0 Å². The third-order valence-corrected chi connectivity index (χ3v) is 4.70. The first-order chi connectivity index (χ1) is 7.86. The number of aromatic nitrogens is 1. The first-order valence-electron chi connectivity index (χ1n) is 5.41. The molecule has 1 heterocycles. The number of rotatable bonds is 4. The van der Waals surface area contributed by atoms with Crippen molar-refractivity contribution in [3.05, 3.63) is 66.0 Å². The quantitative estimate of drug-likeness (QED) is 0.594. The van der Waals surface area contributed by atoms with E-state index in [4.69, 9.17) is 0 Å². The summed E-state index contributed by atoms with van der Waals surface area (Å²) in [6.07, 6.45) is 2.12. The van der Waals surface area contributed by atoms with Crippen molar-refractivity contribution in [1.82, 2.24) is 0 Å². The molecule has 0 saturated carbocycles. The fourth-order valence-electron chi connectivity index (χ4n) is 1.56. The fraction of sp³-hybridized carbons (Fsp3) is 0.214. The van der Waals surface area contributed by atoms with E-state index in [2.05, 4.69) is 66.3 Å². The van der Waals surface area contributed by atoms with Gasteiger partial charge in [0.2, 0.25) is 0 Å². The van der Waals surface area contributed by atoms with Crippen LogP contribution in [0.3, 0.4) is 0 Å². The molecule has 0 unspecified atom stereocenters. The van der Waals surface area contributed by atoms with Gasteiger partial charge in [-0.25, -0.2) is 0 Å². The molecular weight excluding hydrogens is 261 g/mol. The Morgan fingerprint density at radius 1 is 0.938 bits per heavy atom. The zero-order valence-electron chi connectivity index (χ0n) is 9.47. The van der Waals surface area contributed by atoms with E-state index in [1.807, 2.05) is 0 Å². The van der Waals surface area contributed by atoms with Crippen molar-refractivity contribution in [2.45, 2.75) is 10.6 Å². The zero-order valence-corrected chi connectivity index (χ0v) is 11.2. The Kier molecular flexibility index (Phi) is 4.15. The van der Waals surface area contributed by atoms with E-state index in [0.717, 1.165) is 0 Å². The summed E-state index contributed by atoms with van der Waals surface area (Å²) >= 11 is 0.653. The van der Waals surface area contributed by atoms with Crippen LogP contribution < -0.4 is 4.57 Å². The van der Waals surface area contributed by atoms with E-state index in [9.17, 15) is 0 Å². The van der Waals surface area contributed by atoms with E-state index in [1.54, 1.807) is 0 Å². The molecule has 0 aliphatic heterocycles. The van der Waals surface area contributed by atoms with Crippen molar-refractivity contribution < 1.29 is 4.57 Å². The van der Waals surface area contributed by atoms with Gasteiger partial charge in [-0.05, 0) is 0 Å². The molecule has 0 atom stereocenters. The van der Waals surface area contributed by atoms with Gasteiger partial charge in [0.1, 0.15) is 0 Å². The van der Waals surface area contributed by atoms with Crippen LogP contribution in [0.15, 0.2) is 54.7 Å². The first kappa shape index (κ1) is 11.4. The first-order valence-corrected chi connectivity index (χ1v) is 7.84. The summed E-state index contributed by atoms with van der Waals surface area (Å²) in [5, 5.41) is 2.43. The predicted octanol–water partition coefficient (Wildman–Crippen LogP) is 1.92. The molecule has 1 aromatic heterocycles. The molecule has 0 fully saturated rings. The fourth-order valence-corrected chi connectivity index (χ4v) is 3.74. The van der Waals surface area contributed by atoms with Crippen molar-refractivity contribution in [3.8, 4) is 0 Å². The second kappa shape index (κ2) is 5.83. The molecule has 0 N–H and O–H groups in total. The zero-order chi connectivity index (χ0) is 11.2. The number of aryl methyl sites for hydroxylation is 1. The summed E-state index contributed by atoms with van der Waals surface area (Å²) in [4.78, 5) is 0. The van der Waals surface area contributed by atoms with Gasteiger partial charge in [0.05, 0.1) is 0 Å². The van der Waals surface area contributed by atoms with Crippen LogP contribution in [0.4, 0.5) is 0 Å². The summed E-state index contributed by atoms with van der Waals surface area (Å²) in [6.45, 7) is 0. The van der Waals surface area contributed by atoms with Gasteiger partial charge < -0.3 is 0 Å². The minimum absolute atomic E-state index is 0.653. The average molecular weight is 277 g/mol. The van der Waals surface area contributed by atoms with E-state index < -0.39 is 0 Å². The van der Waals surface area contributed by atoms with Crippen molar-refractivity contribution in [2.24, 2.45) is 7.05 Å². The molecule has 16 heavy (non-hydrogen) atoms. The van der Waals surface area contributed by atoms with Gasteiger partial charge >= 0.3 is 103 Å². The second-order valence-electron chi connectivity index (χ2n) is 3.78. The summed E-state index contributed by atoms with van der Waals surface area (Å²) in [7, 11) is 2.12. The van der Waals surface area contributed by atoms with Crippen LogP contribution in [0.1, 0.15) is 11.3 Å². The molecule has 82 valence electrons. The Morgan fingerprint density at radius 3 is 2.44 bits per heavy atom. The predicted molar refractivity (Wildman–Crippen MR) is 67.2 cm³/mol. The molecule has 0 saturated heterocycles. The van der Waals surface area contributed by atoms with Crippen LogP contribution in [0.2, 0.25) is 0 Å². The Hall–Kier alpha value is -1.11. The molecule has 2 rings (SSSR count).